The van der Waals surface area contributed by atoms with E-state index in [1.54, 1.807) is 0 Å². The second-order valence-electron chi connectivity index (χ2n) is 12.7. The van der Waals surface area contributed by atoms with E-state index >= 15 is 0 Å². The van der Waals surface area contributed by atoms with Gasteiger partial charge in [-0.2, -0.15) is 0 Å². The van der Waals surface area contributed by atoms with Crippen LogP contribution in [0, 0.1) is 29.6 Å². The van der Waals surface area contributed by atoms with Gasteiger partial charge in [0.1, 0.15) is 0 Å². The average molecular weight is 793 g/mol. The van der Waals surface area contributed by atoms with Crippen LogP contribution in [0.3, 0.4) is 0 Å². The number of carbonyl (C=O) groups excluding carboxylic acids is 1. The first-order chi connectivity index (χ1) is 27.2. The van der Waals surface area contributed by atoms with Gasteiger partial charge in [0.2, 0.25) is 0 Å². The van der Waals surface area contributed by atoms with Crippen LogP contribution >= 0.6 is 0 Å². The van der Waals surface area contributed by atoms with E-state index in [0.29, 0.717) is 189 Å². The molecule has 16 nitrogen and oxygen atoms in total. The van der Waals surface area contributed by atoms with Gasteiger partial charge in [0.05, 0.1) is 165 Å². The molecule has 0 radical (unpaired) electrons. The van der Waals surface area contributed by atoms with E-state index < -0.39 is 5.97 Å². The normalized spacial score (nSPS) is 17.6. The van der Waals surface area contributed by atoms with Crippen LogP contribution < -0.4 is 0 Å². The van der Waals surface area contributed by atoms with Gasteiger partial charge in [0.15, 0.2) is 0 Å². The Labute approximate surface area is 327 Å². The van der Waals surface area contributed by atoms with Crippen LogP contribution in [0.4, 0.5) is 0 Å². The molecule has 16 heteroatoms. The van der Waals surface area contributed by atoms with Crippen LogP contribution in [-0.2, 0) is 71.2 Å². The van der Waals surface area contributed by atoms with Crippen molar-refractivity contribution in [3.63, 3.8) is 0 Å². The molecule has 0 spiro atoms. The average Bonchev–Trinajstić information content (AvgIpc) is 3.82. The maximum Gasteiger partial charge on any atom is 0.305 e. The lowest BCUT2D eigenvalue weighted by Gasteiger charge is -2.09. The Morgan fingerprint density at radius 2 is 0.709 bits per heavy atom. The molecule has 2 aliphatic rings. The molecular weight excluding hydrogens is 724 g/mol. The van der Waals surface area contributed by atoms with Gasteiger partial charge in [-0.25, -0.2) is 0 Å². The van der Waals surface area contributed by atoms with Crippen molar-refractivity contribution < 1.29 is 76.3 Å². The first kappa shape index (κ1) is 49.2. The van der Waals surface area contributed by atoms with E-state index in [1.807, 2.05) is 0 Å². The van der Waals surface area contributed by atoms with Crippen molar-refractivity contribution in [1.82, 2.24) is 0 Å². The molecule has 0 aliphatic heterocycles. The number of carbonyl (C=O) groups is 2. The van der Waals surface area contributed by atoms with Crippen LogP contribution in [-0.4, -0.2) is 182 Å². The summed E-state index contributed by atoms with van der Waals surface area (Å²) >= 11 is 0. The molecular formula is C39H68O16. The van der Waals surface area contributed by atoms with Gasteiger partial charge >= 0.3 is 11.9 Å². The number of rotatable bonds is 42. The largest absolute Gasteiger partial charge is 0.481 e. The van der Waals surface area contributed by atoms with E-state index in [0.717, 1.165) is 25.7 Å². The predicted molar refractivity (Wildman–Crippen MR) is 199 cm³/mol. The minimum atomic E-state index is -0.877. The van der Waals surface area contributed by atoms with Crippen LogP contribution in [0.15, 0.2) is 0 Å². The number of fused-ring (bicyclic) bond motifs is 1. The third-order valence-corrected chi connectivity index (χ3v) is 8.50. The van der Waals surface area contributed by atoms with Gasteiger partial charge in [-0.1, -0.05) is 0 Å². The molecule has 3 atom stereocenters. The fourth-order valence-corrected chi connectivity index (χ4v) is 5.54. The number of esters is 1. The summed E-state index contributed by atoms with van der Waals surface area (Å²) in [5.74, 6) is 7.33. The van der Waals surface area contributed by atoms with Crippen molar-refractivity contribution >= 4 is 11.9 Å². The fourth-order valence-electron chi connectivity index (χ4n) is 5.54. The summed E-state index contributed by atoms with van der Waals surface area (Å²) in [7, 11) is 0. The van der Waals surface area contributed by atoms with Crippen LogP contribution in [0.2, 0.25) is 0 Å². The van der Waals surface area contributed by atoms with Gasteiger partial charge < -0.3 is 66.7 Å². The molecule has 0 amide bonds. The molecule has 0 bridgehead atoms. The van der Waals surface area contributed by atoms with Crippen LogP contribution in [0.5, 0.6) is 0 Å². The Balaban J connectivity index is 1.13. The third kappa shape index (κ3) is 31.8. The number of hydrogen-bond donors (Lipinski definition) is 1. The summed E-state index contributed by atoms with van der Waals surface area (Å²) in [6, 6.07) is 0. The Bertz CT molecular complexity index is 942. The zero-order valence-electron chi connectivity index (χ0n) is 32.9. The second kappa shape index (κ2) is 37.6. The molecule has 0 aromatic rings. The third-order valence-electron chi connectivity index (χ3n) is 8.50. The number of ether oxygens (including phenoxy) is 13. The Morgan fingerprint density at radius 1 is 0.418 bits per heavy atom. The maximum atomic E-state index is 12.0. The maximum absolute atomic E-state index is 12.0. The topological polar surface area (TPSA) is 174 Å². The first-order valence-corrected chi connectivity index (χ1v) is 19.9. The summed E-state index contributed by atoms with van der Waals surface area (Å²) < 4.78 is 70.8. The van der Waals surface area contributed by atoms with Gasteiger partial charge in [-0.3, -0.25) is 9.59 Å². The molecule has 0 heterocycles. The van der Waals surface area contributed by atoms with E-state index in [-0.39, 0.29) is 19.0 Å². The molecule has 1 fully saturated rings. The molecule has 0 aromatic carbocycles. The zero-order chi connectivity index (χ0) is 39.1. The van der Waals surface area contributed by atoms with E-state index in [9.17, 15) is 9.59 Å². The SMILES string of the molecule is O=C(O)CCOCCOCCOCCOCCOCCOCCOCCOCCOCCOCCOCCOCCCC(=O)OCC1[C@H]2CCC#CCC[C@@H]12. The highest BCUT2D eigenvalue weighted by molar-refractivity contribution is 5.69. The lowest BCUT2D eigenvalue weighted by atomic mass is 10.1. The fraction of sp³-hybridized carbons (Fsp3) is 0.897. The minimum Gasteiger partial charge on any atom is -0.481 e. The van der Waals surface area contributed by atoms with Gasteiger partial charge in [0, 0.05) is 25.9 Å². The summed E-state index contributed by atoms with van der Waals surface area (Å²) in [4.78, 5) is 22.4. The molecule has 320 valence electrons. The summed E-state index contributed by atoms with van der Waals surface area (Å²) in [5.41, 5.74) is 0. The van der Waals surface area contributed by atoms with Gasteiger partial charge in [-0.05, 0) is 37.0 Å². The van der Waals surface area contributed by atoms with Crippen molar-refractivity contribution in [2.24, 2.45) is 17.8 Å². The van der Waals surface area contributed by atoms with Crippen molar-refractivity contribution in [3.05, 3.63) is 0 Å². The second-order valence-corrected chi connectivity index (χ2v) is 12.7. The molecule has 55 heavy (non-hydrogen) atoms. The molecule has 2 aliphatic carbocycles. The Morgan fingerprint density at radius 3 is 1.02 bits per heavy atom. The highest BCUT2D eigenvalue weighted by Gasteiger charge is 2.49. The molecule has 2 rings (SSSR count). The van der Waals surface area contributed by atoms with E-state index in [1.165, 1.54) is 0 Å². The molecule has 1 unspecified atom stereocenters. The lowest BCUT2D eigenvalue weighted by molar-refractivity contribution is -0.144. The van der Waals surface area contributed by atoms with Crippen molar-refractivity contribution in [3.8, 4) is 11.8 Å². The number of hydrogen-bond acceptors (Lipinski definition) is 15. The lowest BCUT2D eigenvalue weighted by Crippen LogP contribution is -2.15. The number of aliphatic carboxylic acids is 1. The molecule has 1 saturated carbocycles. The van der Waals surface area contributed by atoms with E-state index in [2.05, 4.69) is 11.8 Å². The Kier molecular flexibility index (Phi) is 33.6. The van der Waals surface area contributed by atoms with Crippen molar-refractivity contribution in [2.75, 3.05) is 165 Å². The molecule has 0 saturated heterocycles. The van der Waals surface area contributed by atoms with Crippen molar-refractivity contribution in [2.45, 2.75) is 44.9 Å². The van der Waals surface area contributed by atoms with E-state index in [4.69, 9.17) is 66.7 Å². The van der Waals surface area contributed by atoms with Crippen LogP contribution in [0.25, 0.3) is 0 Å². The first-order valence-electron chi connectivity index (χ1n) is 19.9. The number of carboxylic acids is 1. The number of carboxylic acid groups (broad SMARTS) is 1. The summed E-state index contributed by atoms with van der Waals surface area (Å²) in [5, 5.41) is 8.50. The standard InChI is InChI=1S/C39H68O16/c40-38(41)9-11-44-13-15-46-17-19-48-21-23-50-25-27-52-29-31-54-33-32-53-30-28-51-26-24-49-22-20-47-18-16-45-14-12-43-10-5-8-39(42)55-34-37-35-6-3-1-2-4-7-36(35)37/h35-37H,3-34H2,(H,40,41)/t35-,36+,37?. The zero-order valence-corrected chi connectivity index (χ0v) is 32.9. The highest BCUT2D eigenvalue weighted by atomic mass is 16.6. The van der Waals surface area contributed by atoms with Gasteiger partial charge in [0.25, 0.3) is 0 Å². The quantitative estimate of drug-likeness (QED) is 0.0542. The summed E-state index contributed by atoms with van der Waals surface area (Å²) in [6.45, 7) is 11.6. The molecule has 1 N–H and O–H groups in total. The van der Waals surface area contributed by atoms with Crippen molar-refractivity contribution in [1.29, 1.82) is 0 Å². The predicted octanol–water partition coefficient (Wildman–Crippen LogP) is 2.42. The molecule has 0 aromatic heterocycles. The highest BCUT2D eigenvalue weighted by Crippen LogP contribution is 2.52. The van der Waals surface area contributed by atoms with Crippen LogP contribution in [0.1, 0.15) is 44.9 Å². The monoisotopic (exact) mass is 792 g/mol. The Hall–Kier alpha value is -1.98. The minimum absolute atomic E-state index is 0.00576. The van der Waals surface area contributed by atoms with Gasteiger partial charge in [-0.15, -0.1) is 11.8 Å². The summed E-state index contributed by atoms with van der Waals surface area (Å²) in [6.07, 6.45) is 5.26. The smallest absolute Gasteiger partial charge is 0.305 e.